The van der Waals surface area contributed by atoms with Crippen molar-refractivity contribution in [2.45, 2.75) is 27.7 Å². The fourth-order valence-corrected chi connectivity index (χ4v) is 1.82. The highest BCUT2D eigenvalue weighted by atomic mass is 15.1. The fraction of sp³-hybridized carbons (Fsp3) is 0.400. The Bertz CT molecular complexity index is 544. The first-order chi connectivity index (χ1) is 9.78. The second-order valence-electron chi connectivity index (χ2n) is 6.59. The van der Waals surface area contributed by atoms with E-state index in [1.807, 2.05) is 6.08 Å². The van der Waals surface area contributed by atoms with E-state index in [0.717, 1.165) is 18.7 Å². The van der Waals surface area contributed by atoms with Crippen molar-refractivity contribution in [3.63, 3.8) is 0 Å². The molecule has 0 amide bonds. The monoisotopic (exact) mass is 281 g/mol. The summed E-state index contributed by atoms with van der Waals surface area (Å²) < 4.78 is 0. The predicted molar refractivity (Wildman–Crippen MR) is 94.1 cm³/mol. The standard InChI is InChI=1S/C20H27N/c1-17-10-12-19(13-11-17)18(2)16-21(6)15-9-7-8-14-20(3,4)5/h7,9-13H,2,15-16H2,1,3-6H3. The summed E-state index contributed by atoms with van der Waals surface area (Å²) in [6.07, 6.45) is 4.04. The van der Waals surface area contributed by atoms with E-state index in [-0.39, 0.29) is 5.41 Å². The molecule has 0 radical (unpaired) electrons. The Kier molecular flexibility index (Phi) is 6.46. The molecule has 0 spiro atoms. The molecular weight excluding hydrogens is 254 g/mol. The number of nitrogens with zero attached hydrogens (tertiary/aromatic N) is 1. The average molecular weight is 281 g/mol. The smallest absolute Gasteiger partial charge is 0.0234 e. The third kappa shape index (κ3) is 7.54. The van der Waals surface area contributed by atoms with Gasteiger partial charge in [-0.15, -0.1) is 0 Å². The van der Waals surface area contributed by atoms with Crippen LogP contribution in [-0.4, -0.2) is 25.0 Å². The van der Waals surface area contributed by atoms with E-state index in [1.165, 1.54) is 11.1 Å². The van der Waals surface area contributed by atoms with Gasteiger partial charge in [0.25, 0.3) is 0 Å². The molecule has 0 saturated heterocycles. The second kappa shape index (κ2) is 7.86. The van der Waals surface area contributed by atoms with Crippen molar-refractivity contribution in [1.82, 2.24) is 4.90 Å². The summed E-state index contributed by atoms with van der Waals surface area (Å²) in [5.41, 5.74) is 3.70. The molecular formula is C20H27N. The van der Waals surface area contributed by atoms with Crippen LogP contribution in [0.2, 0.25) is 0 Å². The van der Waals surface area contributed by atoms with E-state index < -0.39 is 0 Å². The molecule has 0 aromatic heterocycles. The molecule has 1 aromatic carbocycles. The first-order valence-corrected chi connectivity index (χ1v) is 7.39. The van der Waals surface area contributed by atoms with Gasteiger partial charge in [0, 0.05) is 18.5 Å². The van der Waals surface area contributed by atoms with Crippen LogP contribution in [0.25, 0.3) is 5.57 Å². The van der Waals surface area contributed by atoms with Crippen molar-refractivity contribution in [2.24, 2.45) is 5.41 Å². The molecule has 0 heterocycles. The number of allylic oxidation sites excluding steroid dienone is 1. The van der Waals surface area contributed by atoms with Crippen LogP contribution in [0.5, 0.6) is 0 Å². The van der Waals surface area contributed by atoms with Crippen molar-refractivity contribution >= 4 is 5.57 Å². The summed E-state index contributed by atoms with van der Waals surface area (Å²) in [5, 5.41) is 0. The van der Waals surface area contributed by atoms with Crippen LogP contribution in [0.4, 0.5) is 0 Å². The number of rotatable bonds is 5. The molecule has 0 atom stereocenters. The zero-order valence-electron chi connectivity index (χ0n) is 14.0. The van der Waals surface area contributed by atoms with Crippen LogP contribution < -0.4 is 0 Å². The maximum absolute atomic E-state index is 4.18. The first kappa shape index (κ1) is 17.3. The van der Waals surface area contributed by atoms with Crippen molar-refractivity contribution in [1.29, 1.82) is 0 Å². The summed E-state index contributed by atoms with van der Waals surface area (Å²) in [6, 6.07) is 8.53. The lowest BCUT2D eigenvalue weighted by atomic mass is 9.98. The maximum Gasteiger partial charge on any atom is 0.0234 e. The Labute approximate surface area is 130 Å². The Hall–Kier alpha value is -1.78. The minimum Gasteiger partial charge on any atom is -0.298 e. The number of aryl methyl sites for hydroxylation is 1. The van der Waals surface area contributed by atoms with Gasteiger partial charge in [-0.1, -0.05) is 54.3 Å². The van der Waals surface area contributed by atoms with Gasteiger partial charge in [0.05, 0.1) is 0 Å². The number of hydrogen-bond donors (Lipinski definition) is 0. The molecule has 0 bridgehead atoms. The van der Waals surface area contributed by atoms with E-state index >= 15 is 0 Å². The van der Waals surface area contributed by atoms with Crippen molar-refractivity contribution in [2.75, 3.05) is 20.1 Å². The van der Waals surface area contributed by atoms with Crippen LogP contribution in [0, 0.1) is 24.2 Å². The summed E-state index contributed by atoms with van der Waals surface area (Å²) in [5.74, 6) is 6.29. The van der Waals surface area contributed by atoms with E-state index in [0.29, 0.717) is 0 Å². The Morgan fingerprint density at radius 1 is 1.24 bits per heavy atom. The van der Waals surface area contributed by atoms with Crippen molar-refractivity contribution < 1.29 is 0 Å². The molecule has 1 nitrogen and oxygen atoms in total. The Balaban J connectivity index is 2.44. The molecule has 0 aliphatic rings. The van der Waals surface area contributed by atoms with Gasteiger partial charge in [-0.3, -0.25) is 4.90 Å². The lowest BCUT2D eigenvalue weighted by Crippen LogP contribution is -2.20. The predicted octanol–water partition coefficient (Wildman–Crippen LogP) is 4.55. The van der Waals surface area contributed by atoms with Gasteiger partial charge in [0.2, 0.25) is 0 Å². The van der Waals surface area contributed by atoms with E-state index in [9.17, 15) is 0 Å². The van der Waals surface area contributed by atoms with E-state index in [4.69, 9.17) is 0 Å². The molecule has 1 rings (SSSR count). The molecule has 0 aliphatic heterocycles. The summed E-state index contributed by atoms with van der Waals surface area (Å²) >= 11 is 0. The van der Waals surface area contributed by atoms with Crippen LogP contribution >= 0.6 is 0 Å². The summed E-state index contributed by atoms with van der Waals surface area (Å²) in [6.45, 7) is 14.4. The highest BCUT2D eigenvalue weighted by molar-refractivity contribution is 5.64. The molecule has 0 aliphatic carbocycles. The van der Waals surface area contributed by atoms with Gasteiger partial charge in [0.15, 0.2) is 0 Å². The Morgan fingerprint density at radius 3 is 2.43 bits per heavy atom. The van der Waals surface area contributed by atoms with Gasteiger partial charge in [-0.2, -0.15) is 0 Å². The summed E-state index contributed by atoms with van der Waals surface area (Å²) in [4.78, 5) is 2.23. The molecule has 0 unspecified atom stereocenters. The van der Waals surface area contributed by atoms with Crippen LogP contribution in [0.1, 0.15) is 31.9 Å². The fourth-order valence-electron chi connectivity index (χ4n) is 1.82. The summed E-state index contributed by atoms with van der Waals surface area (Å²) in [7, 11) is 2.10. The second-order valence-corrected chi connectivity index (χ2v) is 6.59. The Morgan fingerprint density at radius 2 is 1.86 bits per heavy atom. The van der Waals surface area contributed by atoms with Gasteiger partial charge in [-0.25, -0.2) is 0 Å². The topological polar surface area (TPSA) is 3.24 Å². The minimum absolute atomic E-state index is 0.0654. The number of likely N-dealkylation sites (N-methyl/N-ethyl adjacent to an activating group) is 1. The normalized spacial score (nSPS) is 11.5. The van der Waals surface area contributed by atoms with Crippen LogP contribution in [-0.2, 0) is 0 Å². The van der Waals surface area contributed by atoms with Gasteiger partial charge in [0.1, 0.15) is 0 Å². The van der Waals surface area contributed by atoms with Crippen LogP contribution in [0.15, 0.2) is 43.0 Å². The lowest BCUT2D eigenvalue weighted by molar-refractivity contribution is 0.419. The molecule has 0 fully saturated rings. The number of hydrogen-bond acceptors (Lipinski definition) is 1. The lowest BCUT2D eigenvalue weighted by Gasteiger charge is -2.16. The maximum atomic E-state index is 4.18. The molecule has 21 heavy (non-hydrogen) atoms. The van der Waals surface area contributed by atoms with Gasteiger partial charge in [-0.05, 0) is 52.0 Å². The van der Waals surface area contributed by atoms with Crippen LogP contribution in [0.3, 0.4) is 0 Å². The molecule has 1 aromatic rings. The minimum atomic E-state index is 0.0654. The highest BCUT2D eigenvalue weighted by Crippen LogP contribution is 2.14. The third-order valence-electron chi connectivity index (χ3n) is 2.99. The van der Waals surface area contributed by atoms with Gasteiger partial charge >= 0.3 is 0 Å². The van der Waals surface area contributed by atoms with Crippen molar-refractivity contribution in [3.8, 4) is 11.8 Å². The zero-order valence-corrected chi connectivity index (χ0v) is 14.0. The quantitative estimate of drug-likeness (QED) is 0.716. The molecule has 1 heteroatoms. The van der Waals surface area contributed by atoms with Crippen molar-refractivity contribution in [3.05, 3.63) is 54.1 Å². The molecule has 112 valence electrons. The largest absolute Gasteiger partial charge is 0.298 e. The zero-order chi connectivity index (χ0) is 15.9. The van der Waals surface area contributed by atoms with E-state index in [2.05, 4.69) is 88.4 Å². The SMILES string of the molecule is C=C(CN(C)CC=CC#CC(C)(C)C)c1ccc(C)cc1. The van der Waals surface area contributed by atoms with Gasteiger partial charge < -0.3 is 0 Å². The molecule has 0 saturated carbocycles. The average Bonchev–Trinajstić information content (AvgIpc) is 2.37. The third-order valence-corrected chi connectivity index (χ3v) is 2.99. The highest BCUT2D eigenvalue weighted by Gasteiger charge is 2.03. The van der Waals surface area contributed by atoms with E-state index in [1.54, 1.807) is 0 Å². The molecule has 0 N–H and O–H groups in total. The number of benzene rings is 1. The first-order valence-electron chi connectivity index (χ1n) is 7.39.